The average molecular weight is 231 g/mol. The van der Waals surface area contributed by atoms with Gasteiger partial charge in [0.1, 0.15) is 0 Å². The second kappa shape index (κ2) is 5.22. The summed E-state index contributed by atoms with van der Waals surface area (Å²) in [5.74, 6) is 2.84. The summed E-state index contributed by atoms with van der Waals surface area (Å²) in [6.45, 7) is 6.88. The van der Waals surface area contributed by atoms with Crippen molar-refractivity contribution in [3.63, 3.8) is 0 Å². The van der Waals surface area contributed by atoms with Crippen molar-refractivity contribution in [2.24, 2.45) is 23.5 Å². The Balaban J connectivity index is 1.90. The summed E-state index contributed by atoms with van der Waals surface area (Å²) in [5.41, 5.74) is 7.88. The highest BCUT2D eigenvalue weighted by Crippen LogP contribution is 2.50. The Bertz CT molecular complexity index is 344. The van der Waals surface area contributed by atoms with E-state index in [1.807, 2.05) is 0 Å². The van der Waals surface area contributed by atoms with E-state index in [9.17, 15) is 0 Å². The number of hydrogen-bond donors (Lipinski definition) is 1. The van der Waals surface area contributed by atoms with Crippen LogP contribution in [0, 0.1) is 17.8 Å². The zero-order chi connectivity index (χ0) is 12.4. The zero-order valence-electron chi connectivity index (χ0n) is 11.3. The molecule has 1 fully saturated rings. The maximum absolute atomic E-state index is 6.40. The first-order valence-electron chi connectivity index (χ1n) is 6.90. The lowest BCUT2D eigenvalue weighted by Crippen LogP contribution is -2.31. The van der Waals surface area contributed by atoms with E-state index >= 15 is 0 Å². The maximum Gasteiger partial charge on any atom is 0.00991 e. The molecule has 17 heavy (non-hydrogen) atoms. The summed E-state index contributed by atoms with van der Waals surface area (Å²) >= 11 is 0. The second-order valence-corrected chi connectivity index (χ2v) is 6.10. The third-order valence-electron chi connectivity index (χ3n) is 4.06. The average Bonchev–Trinajstić information content (AvgIpc) is 3.08. The lowest BCUT2D eigenvalue weighted by atomic mass is 9.89. The van der Waals surface area contributed by atoms with Gasteiger partial charge in [0, 0.05) is 6.04 Å². The molecule has 1 heteroatoms. The van der Waals surface area contributed by atoms with Crippen molar-refractivity contribution < 1.29 is 0 Å². The Morgan fingerprint density at radius 3 is 2.41 bits per heavy atom. The van der Waals surface area contributed by atoms with Gasteiger partial charge in [0.15, 0.2) is 0 Å². The first kappa shape index (κ1) is 12.6. The molecule has 2 rings (SSSR count). The van der Waals surface area contributed by atoms with E-state index in [1.165, 1.54) is 18.4 Å². The van der Waals surface area contributed by atoms with Crippen LogP contribution in [0.1, 0.15) is 45.1 Å². The Labute approximate surface area is 105 Å². The lowest BCUT2D eigenvalue weighted by molar-refractivity contribution is 0.344. The van der Waals surface area contributed by atoms with Crippen LogP contribution in [0.2, 0.25) is 0 Å². The van der Waals surface area contributed by atoms with E-state index in [4.69, 9.17) is 5.73 Å². The van der Waals surface area contributed by atoms with Crippen LogP contribution in [0.3, 0.4) is 0 Å². The standard InChI is InChI=1S/C16H25N/c1-11(2)9-12(3)16(17)15-10-14(15)13-7-5-4-6-8-13/h4-8,11-12,14-16H,9-10,17H2,1-3H3. The van der Waals surface area contributed by atoms with Gasteiger partial charge in [-0.05, 0) is 42.1 Å². The molecule has 1 aliphatic rings. The van der Waals surface area contributed by atoms with Crippen molar-refractivity contribution in [2.45, 2.75) is 45.6 Å². The molecule has 0 bridgehead atoms. The quantitative estimate of drug-likeness (QED) is 0.819. The van der Waals surface area contributed by atoms with Crippen molar-refractivity contribution in [1.82, 2.24) is 0 Å². The van der Waals surface area contributed by atoms with E-state index in [2.05, 4.69) is 51.1 Å². The minimum atomic E-state index is 0.377. The molecule has 0 amide bonds. The molecule has 1 aromatic rings. The van der Waals surface area contributed by atoms with Gasteiger partial charge in [-0.3, -0.25) is 0 Å². The molecule has 0 spiro atoms. The van der Waals surface area contributed by atoms with Gasteiger partial charge in [-0.25, -0.2) is 0 Å². The summed E-state index contributed by atoms with van der Waals surface area (Å²) in [6.07, 6.45) is 2.53. The number of benzene rings is 1. The molecule has 1 aromatic carbocycles. The Morgan fingerprint density at radius 1 is 1.18 bits per heavy atom. The van der Waals surface area contributed by atoms with Crippen LogP contribution in [-0.4, -0.2) is 6.04 Å². The minimum Gasteiger partial charge on any atom is -0.327 e. The molecule has 94 valence electrons. The molecular formula is C16H25N. The second-order valence-electron chi connectivity index (χ2n) is 6.10. The SMILES string of the molecule is CC(C)CC(C)C(N)C1CC1c1ccccc1. The van der Waals surface area contributed by atoms with E-state index in [1.54, 1.807) is 0 Å². The molecule has 1 nitrogen and oxygen atoms in total. The number of rotatable bonds is 5. The number of nitrogens with two attached hydrogens (primary N) is 1. The molecule has 0 heterocycles. The largest absolute Gasteiger partial charge is 0.327 e. The molecule has 0 saturated heterocycles. The fraction of sp³-hybridized carbons (Fsp3) is 0.625. The molecule has 1 aliphatic carbocycles. The topological polar surface area (TPSA) is 26.0 Å². The van der Waals surface area contributed by atoms with Crippen molar-refractivity contribution in [3.05, 3.63) is 35.9 Å². The van der Waals surface area contributed by atoms with Crippen molar-refractivity contribution >= 4 is 0 Å². The van der Waals surface area contributed by atoms with E-state index in [-0.39, 0.29) is 0 Å². The van der Waals surface area contributed by atoms with Crippen molar-refractivity contribution in [2.75, 3.05) is 0 Å². The van der Waals surface area contributed by atoms with E-state index < -0.39 is 0 Å². The Hall–Kier alpha value is -0.820. The van der Waals surface area contributed by atoms with Crippen LogP contribution < -0.4 is 5.73 Å². The summed E-state index contributed by atoms with van der Waals surface area (Å²) in [7, 11) is 0. The summed E-state index contributed by atoms with van der Waals surface area (Å²) in [6, 6.07) is 11.2. The van der Waals surface area contributed by atoms with Crippen LogP contribution in [0.15, 0.2) is 30.3 Å². The Morgan fingerprint density at radius 2 is 1.82 bits per heavy atom. The minimum absolute atomic E-state index is 0.377. The predicted molar refractivity (Wildman–Crippen MR) is 73.9 cm³/mol. The smallest absolute Gasteiger partial charge is 0.00991 e. The summed E-state index contributed by atoms with van der Waals surface area (Å²) in [5, 5.41) is 0. The summed E-state index contributed by atoms with van der Waals surface area (Å²) < 4.78 is 0. The molecule has 2 N–H and O–H groups in total. The molecule has 4 unspecified atom stereocenters. The van der Waals surface area contributed by atoms with Gasteiger partial charge in [-0.15, -0.1) is 0 Å². The molecule has 1 saturated carbocycles. The van der Waals surface area contributed by atoms with E-state index in [0.29, 0.717) is 17.9 Å². The highest BCUT2D eigenvalue weighted by atomic mass is 14.7. The van der Waals surface area contributed by atoms with Crippen LogP contribution in [0.4, 0.5) is 0 Å². The monoisotopic (exact) mass is 231 g/mol. The third kappa shape index (κ3) is 3.10. The summed E-state index contributed by atoms with van der Waals surface area (Å²) in [4.78, 5) is 0. The van der Waals surface area contributed by atoms with Gasteiger partial charge < -0.3 is 5.73 Å². The lowest BCUT2D eigenvalue weighted by Gasteiger charge is -2.22. The van der Waals surface area contributed by atoms with Crippen molar-refractivity contribution in [1.29, 1.82) is 0 Å². The normalized spacial score (nSPS) is 26.9. The molecule has 0 aliphatic heterocycles. The zero-order valence-corrected chi connectivity index (χ0v) is 11.3. The van der Waals surface area contributed by atoms with Gasteiger partial charge >= 0.3 is 0 Å². The molecule has 0 radical (unpaired) electrons. The number of hydrogen-bond acceptors (Lipinski definition) is 1. The van der Waals surface area contributed by atoms with E-state index in [0.717, 1.165) is 11.8 Å². The Kier molecular flexibility index (Phi) is 3.88. The molecule has 4 atom stereocenters. The van der Waals surface area contributed by atoms with Gasteiger partial charge in [0.2, 0.25) is 0 Å². The van der Waals surface area contributed by atoms with Crippen LogP contribution in [0.25, 0.3) is 0 Å². The van der Waals surface area contributed by atoms with Gasteiger partial charge in [-0.1, -0.05) is 51.1 Å². The fourth-order valence-electron chi connectivity index (χ4n) is 3.05. The first-order valence-corrected chi connectivity index (χ1v) is 6.90. The van der Waals surface area contributed by atoms with Crippen LogP contribution in [-0.2, 0) is 0 Å². The van der Waals surface area contributed by atoms with Gasteiger partial charge in [0.05, 0.1) is 0 Å². The first-order chi connectivity index (χ1) is 8.09. The van der Waals surface area contributed by atoms with Crippen LogP contribution in [0.5, 0.6) is 0 Å². The van der Waals surface area contributed by atoms with Crippen LogP contribution >= 0.6 is 0 Å². The van der Waals surface area contributed by atoms with Gasteiger partial charge in [-0.2, -0.15) is 0 Å². The highest BCUT2D eigenvalue weighted by molar-refractivity contribution is 5.26. The highest BCUT2D eigenvalue weighted by Gasteiger charge is 2.43. The molecule has 0 aromatic heterocycles. The van der Waals surface area contributed by atoms with Crippen molar-refractivity contribution in [3.8, 4) is 0 Å². The molecular weight excluding hydrogens is 206 g/mol. The predicted octanol–water partition coefficient (Wildman–Crippen LogP) is 3.80. The third-order valence-corrected chi connectivity index (χ3v) is 4.06. The maximum atomic E-state index is 6.40. The van der Waals surface area contributed by atoms with Gasteiger partial charge in [0.25, 0.3) is 0 Å². The fourth-order valence-corrected chi connectivity index (χ4v) is 3.05.